The number of carbonyl (C=O) groups excluding carboxylic acids is 1. The zero-order chi connectivity index (χ0) is 16.0. The van der Waals surface area contributed by atoms with Gasteiger partial charge in [0.1, 0.15) is 6.54 Å². The third kappa shape index (κ3) is 3.06. The van der Waals surface area contributed by atoms with Crippen molar-refractivity contribution in [1.29, 1.82) is 0 Å². The number of hydrogen-bond acceptors (Lipinski definition) is 5. The second-order valence-electron chi connectivity index (χ2n) is 6.77. The predicted molar refractivity (Wildman–Crippen MR) is 89.9 cm³/mol. The molecule has 7 nitrogen and oxygen atoms in total. The summed E-state index contributed by atoms with van der Waals surface area (Å²) >= 11 is 0. The molecule has 0 aromatic carbocycles. The predicted octanol–water partition coefficient (Wildman–Crippen LogP) is 1.46. The first kappa shape index (κ1) is 17.0. The Labute approximate surface area is 146 Å². The Kier molecular flexibility index (Phi) is 4.64. The molecule has 1 aliphatic heterocycles. The second kappa shape index (κ2) is 6.57. The van der Waals surface area contributed by atoms with E-state index in [2.05, 4.69) is 10.3 Å². The average molecular weight is 352 g/mol. The van der Waals surface area contributed by atoms with Gasteiger partial charge in [0.15, 0.2) is 11.5 Å². The van der Waals surface area contributed by atoms with Crippen molar-refractivity contribution in [3.8, 4) is 0 Å². The Hall–Kier alpha value is -1.86. The molecule has 2 aromatic rings. The van der Waals surface area contributed by atoms with Gasteiger partial charge in [-0.2, -0.15) is 5.10 Å². The number of fused-ring (bicyclic) bond motifs is 1. The number of nitrogens with two attached hydrogens (primary N) is 1. The molecule has 1 amide bonds. The van der Waals surface area contributed by atoms with E-state index >= 15 is 0 Å². The fourth-order valence-electron chi connectivity index (χ4n) is 3.84. The van der Waals surface area contributed by atoms with Crippen molar-refractivity contribution in [2.45, 2.75) is 32.4 Å². The van der Waals surface area contributed by atoms with Crippen LogP contribution in [0.5, 0.6) is 0 Å². The van der Waals surface area contributed by atoms with Crippen molar-refractivity contribution in [1.82, 2.24) is 19.8 Å². The monoisotopic (exact) mass is 351 g/mol. The first-order valence-corrected chi connectivity index (χ1v) is 8.09. The smallest absolute Gasteiger partial charge is 0.276 e. The standard InChI is InChI=1S/C16H21N5O2.ClH/c1-10-5-18-21(6-10)8-12-4-15(19-23-12)16(22)20-7-11-2-3-14(17)13(11)9-20;/h4-6,11,13-14H,2-3,7-9,17H2,1H3;1H. The summed E-state index contributed by atoms with van der Waals surface area (Å²) in [6.07, 6.45) is 5.91. The molecule has 2 aliphatic rings. The van der Waals surface area contributed by atoms with Crippen LogP contribution in [0.25, 0.3) is 0 Å². The molecule has 0 radical (unpaired) electrons. The van der Waals surface area contributed by atoms with Gasteiger partial charge in [-0.25, -0.2) is 0 Å². The molecule has 1 saturated carbocycles. The molecule has 3 unspecified atom stereocenters. The Morgan fingerprint density at radius 1 is 1.42 bits per heavy atom. The third-order valence-corrected chi connectivity index (χ3v) is 5.06. The van der Waals surface area contributed by atoms with E-state index in [1.165, 1.54) is 0 Å². The molecule has 1 aliphatic carbocycles. The number of aryl methyl sites for hydroxylation is 1. The summed E-state index contributed by atoms with van der Waals surface area (Å²) in [6, 6.07) is 1.95. The quantitative estimate of drug-likeness (QED) is 0.904. The molecule has 1 saturated heterocycles. The lowest BCUT2D eigenvalue weighted by Gasteiger charge is -2.17. The van der Waals surface area contributed by atoms with Crippen molar-refractivity contribution < 1.29 is 9.32 Å². The van der Waals surface area contributed by atoms with Gasteiger partial charge >= 0.3 is 0 Å². The van der Waals surface area contributed by atoms with Crippen LogP contribution in [-0.4, -0.2) is 44.9 Å². The highest BCUT2D eigenvalue weighted by Crippen LogP contribution is 2.37. The van der Waals surface area contributed by atoms with Crippen LogP contribution < -0.4 is 5.73 Å². The number of amides is 1. The topological polar surface area (TPSA) is 90.2 Å². The summed E-state index contributed by atoms with van der Waals surface area (Å²) < 4.78 is 7.06. The number of halogens is 1. The SMILES string of the molecule is Cc1cnn(Cc2cc(C(=O)N3CC4CCC(N)C4C3)no2)c1.Cl. The van der Waals surface area contributed by atoms with Crippen LogP contribution in [0.3, 0.4) is 0 Å². The number of nitrogens with zero attached hydrogens (tertiary/aromatic N) is 4. The van der Waals surface area contributed by atoms with E-state index in [1.54, 1.807) is 16.9 Å². The number of hydrogen-bond donors (Lipinski definition) is 1. The largest absolute Gasteiger partial charge is 0.359 e. The van der Waals surface area contributed by atoms with Gasteiger partial charge in [-0.05, 0) is 37.2 Å². The third-order valence-electron chi connectivity index (χ3n) is 5.06. The number of carbonyl (C=O) groups is 1. The molecule has 0 bridgehead atoms. The minimum Gasteiger partial charge on any atom is -0.359 e. The van der Waals surface area contributed by atoms with Crippen molar-refractivity contribution in [3.63, 3.8) is 0 Å². The van der Waals surface area contributed by atoms with Crippen LogP contribution in [0.15, 0.2) is 23.0 Å². The number of likely N-dealkylation sites (tertiary alicyclic amines) is 1. The first-order chi connectivity index (χ1) is 11.1. The Morgan fingerprint density at radius 3 is 2.96 bits per heavy atom. The lowest BCUT2D eigenvalue weighted by atomic mass is 9.98. The maximum absolute atomic E-state index is 12.6. The minimum absolute atomic E-state index is 0. The number of aromatic nitrogens is 3. The van der Waals surface area contributed by atoms with Gasteiger partial charge in [0.25, 0.3) is 5.91 Å². The van der Waals surface area contributed by atoms with Crippen LogP contribution >= 0.6 is 12.4 Å². The summed E-state index contributed by atoms with van der Waals surface area (Å²) in [6.45, 7) is 3.99. The summed E-state index contributed by atoms with van der Waals surface area (Å²) in [7, 11) is 0. The zero-order valence-electron chi connectivity index (χ0n) is 13.6. The fraction of sp³-hybridized carbons (Fsp3) is 0.562. The van der Waals surface area contributed by atoms with Gasteiger partial charge in [-0.3, -0.25) is 9.48 Å². The van der Waals surface area contributed by atoms with Gasteiger partial charge in [0, 0.05) is 31.4 Å². The normalized spacial score (nSPS) is 25.6. The molecule has 0 spiro atoms. The Balaban J connectivity index is 0.00000169. The van der Waals surface area contributed by atoms with Crippen molar-refractivity contribution >= 4 is 18.3 Å². The van der Waals surface area contributed by atoms with Crippen LogP contribution in [0.1, 0.15) is 34.7 Å². The lowest BCUT2D eigenvalue weighted by Crippen LogP contribution is -2.33. The van der Waals surface area contributed by atoms with Crippen molar-refractivity contribution in [2.24, 2.45) is 17.6 Å². The lowest BCUT2D eigenvalue weighted by molar-refractivity contribution is 0.0769. The van der Waals surface area contributed by atoms with Crippen molar-refractivity contribution in [3.05, 3.63) is 35.5 Å². The molecule has 4 rings (SSSR count). The highest BCUT2D eigenvalue weighted by molar-refractivity contribution is 5.92. The first-order valence-electron chi connectivity index (χ1n) is 8.09. The molecular formula is C16H22ClN5O2. The van der Waals surface area contributed by atoms with Gasteiger partial charge in [0.2, 0.25) is 0 Å². The van der Waals surface area contributed by atoms with Crippen LogP contribution in [0, 0.1) is 18.8 Å². The molecule has 8 heteroatoms. The van der Waals surface area contributed by atoms with Crippen molar-refractivity contribution in [2.75, 3.05) is 13.1 Å². The van der Waals surface area contributed by atoms with E-state index in [0.717, 1.165) is 31.5 Å². The van der Waals surface area contributed by atoms with E-state index in [0.29, 0.717) is 29.8 Å². The zero-order valence-corrected chi connectivity index (χ0v) is 14.4. The van der Waals surface area contributed by atoms with E-state index in [-0.39, 0.29) is 24.4 Å². The summed E-state index contributed by atoms with van der Waals surface area (Å²) in [5, 5.41) is 8.15. The molecule has 2 aromatic heterocycles. The molecule has 24 heavy (non-hydrogen) atoms. The highest BCUT2D eigenvalue weighted by Gasteiger charge is 2.43. The van der Waals surface area contributed by atoms with Gasteiger partial charge in [-0.1, -0.05) is 5.16 Å². The summed E-state index contributed by atoms with van der Waals surface area (Å²) in [4.78, 5) is 14.5. The molecule has 2 N–H and O–H groups in total. The van der Waals surface area contributed by atoms with Gasteiger partial charge in [-0.15, -0.1) is 12.4 Å². The molecule has 3 heterocycles. The molecular weight excluding hydrogens is 330 g/mol. The molecule has 130 valence electrons. The minimum atomic E-state index is -0.0572. The summed E-state index contributed by atoms with van der Waals surface area (Å²) in [5.74, 6) is 1.57. The maximum atomic E-state index is 12.6. The highest BCUT2D eigenvalue weighted by atomic mass is 35.5. The van der Waals surface area contributed by atoms with E-state index in [4.69, 9.17) is 10.3 Å². The Bertz CT molecular complexity index is 728. The van der Waals surface area contributed by atoms with E-state index in [9.17, 15) is 4.79 Å². The average Bonchev–Trinajstić information content (AvgIpc) is 3.27. The maximum Gasteiger partial charge on any atom is 0.276 e. The van der Waals surface area contributed by atoms with Gasteiger partial charge in [0.05, 0.1) is 6.20 Å². The van der Waals surface area contributed by atoms with E-state index < -0.39 is 0 Å². The Morgan fingerprint density at radius 2 is 2.25 bits per heavy atom. The van der Waals surface area contributed by atoms with Crippen LogP contribution in [0.4, 0.5) is 0 Å². The molecule has 2 fully saturated rings. The summed E-state index contributed by atoms with van der Waals surface area (Å²) in [5.41, 5.74) is 7.59. The second-order valence-corrected chi connectivity index (χ2v) is 6.77. The van der Waals surface area contributed by atoms with Crippen LogP contribution in [-0.2, 0) is 6.54 Å². The number of rotatable bonds is 3. The van der Waals surface area contributed by atoms with Crippen LogP contribution in [0.2, 0.25) is 0 Å². The fourth-order valence-corrected chi connectivity index (χ4v) is 3.84. The molecule has 3 atom stereocenters. The van der Waals surface area contributed by atoms with E-state index in [1.807, 2.05) is 18.0 Å². The van der Waals surface area contributed by atoms with Gasteiger partial charge < -0.3 is 15.2 Å².